The molecule has 2 aliphatic rings. The van der Waals surface area contributed by atoms with Gasteiger partial charge in [-0.15, -0.1) is 10.2 Å². The SMILES string of the molecule is Cn1cnnc1C1CCN(C(=O)C[C@H]2COCCN2)CC1. The third-order valence-electron chi connectivity index (χ3n) is 4.38. The molecule has 116 valence electrons. The fourth-order valence-corrected chi connectivity index (χ4v) is 3.14. The average Bonchev–Trinajstić information content (AvgIpc) is 2.94. The van der Waals surface area contributed by atoms with E-state index in [1.807, 2.05) is 16.5 Å². The van der Waals surface area contributed by atoms with Crippen LogP contribution in [0.4, 0.5) is 0 Å². The van der Waals surface area contributed by atoms with E-state index in [2.05, 4.69) is 15.5 Å². The maximum atomic E-state index is 12.3. The van der Waals surface area contributed by atoms with E-state index in [9.17, 15) is 4.79 Å². The van der Waals surface area contributed by atoms with Crippen LogP contribution in [0.5, 0.6) is 0 Å². The Bertz CT molecular complexity index is 475. The highest BCUT2D eigenvalue weighted by molar-refractivity contribution is 5.77. The number of piperidine rings is 1. The molecule has 0 radical (unpaired) electrons. The van der Waals surface area contributed by atoms with Gasteiger partial charge in [0, 0.05) is 45.1 Å². The summed E-state index contributed by atoms with van der Waals surface area (Å²) in [5, 5.41) is 11.5. The van der Waals surface area contributed by atoms with Crippen LogP contribution in [-0.2, 0) is 16.6 Å². The zero-order chi connectivity index (χ0) is 14.7. The van der Waals surface area contributed by atoms with E-state index in [1.165, 1.54) is 0 Å². The second-order valence-corrected chi connectivity index (χ2v) is 5.89. The van der Waals surface area contributed by atoms with E-state index in [1.54, 1.807) is 6.33 Å². The van der Waals surface area contributed by atoms with Crippen molar-refractivity contribution in [3.63, 3.8) is 0 Å². The standard InChI is InChI=1S/C14H23N5O2/c1-18-10-16-17-14(18)11-2-5-19(6-3-11)13(20)8-12-9-21-7-4-15-12/h10-12,15H,2-9H2,1H3/t12-/m0/s1. The third-order valence-corrected chi connectivity index (χ3v) is 4.38. The Kier molecular flexibility index (Phi) is 4.50. The molecule has 0 saturated carbocycles. The van der Waals surface area contributed by atoms with Gasteiger partial charge in [0.1, 0.15) is 12.2 Å². The van der Waals surface area contributed by atoms with Gasteiger partial charge in [-0.3, -0.25) is 4.79 Å². The van der Waals surface area contributed by atoms with Crippen molar-refractivity contribution in [2.45, 2.75) is 31.2 Å². The minimum atomic E-state index is 0.169. The second kappa shape index (κ2) is 6.53. The Morgan fingerprint density at radius 3 is 2.90 bits per heavy atom. The summed E-state index contributed by atoms with van der Waals surface area (Å²) in [6, 6.07) is 0.169. The fourth-order valence-electron chi connectivity index (χ4n) is 3.14. The number of carbonyl (C=O) groups is 1. The molecular weight excluding hydrogens is 270 g/mol. The molecule has 1 N–H and O–H groups in total. The number of rotatable bonds is 3. The first-order chi connectivity index (χ1) is 10.2. The first-order valence-corrected chi connectivity index (χ1v) is 7.67. The molecule has 3 heterocycles. The first kappa shape index (κ1) is 14.5. The summed E-state index contributed by atoms with van der Waals surface area (Å²) >= 11 is 0. The van der Waals surface area contributed by atoms with Gasteiger partial charge in [0.05, 0.1) is 13.2 Å². The molecule has 0 aliphatic carbocycles. The molecule has 0 spiro atoms. The third kappa shape index (κ3) is 3.41. The number of morpholine rings is 1. The van der Waals surface area contributed by atoms with Crippen molar-refractivity contribution in [2.24, 2.45) is 7.05 Å². The average molecular weight is 293 g/mol. The number of amides is 1. The number of nitrogens with zero attached hydrogens (tertiary/aromatic N) is 4. The molecule has 1 aromatic heterocycles. The van der Waals surface area contributed by atoms with Crippen molar-refractivity contribution in [1.29, 1.82) is 0 Å². The number of nitrogens with one attached hydrogen (secondary N) is 1. The smallest absolute Gasteiger partial charge is 0.224 e. The van der Waals surface area contributed by atoms with Gasteiger partial charge < -0.3 is 19.5 Å². The van der Waals surface area contributed by atoms with E-state index in [0.717, 1.165) is 44.9 Å². The van der Waals surface area contributed by atoms with Crippen LogP contribution in [-0.4, -0.2) is 64.5 Å². The molecule has 1 aromatic rings. The van der Waals surface area contributed by atoms with Crippen LogP contribution in [0, 0.1) is 0 Å². The Morgan fingerprint density at radius 2 is 2.29 bits per heavy atom. The number of hydrogen-bond acceptors (Lipinski definition) is 5. The van der Waals surface area contributed by atoms with Crippen LogP contribution in [0.25, 0.3) is 0 Å². The maximum Gasteiger partial charge on any atom is 0.224 e. The molecule has 0 unspecified atom stereocenters. The van der Waals surface area contributed by atoms with Gasteiger partial charge in [-0.25, -0.2) is 0 Å². The monoisotopic (exact) mass is 293 g/mol. The number of hydrogen-bond donors (Lipinski definition) is 1. The van der Waals surface area contributed by atoms with Crippen molar-refractivity contribution in [3.8, 4) is 0 Å². The highest BCUT2D eigenvalue weighted by Gasteiger charge is 2.27. The summed E-state index contributed by atoms with van der Waals surface area (Å²) in [7, 11) is 1.97. The maximum absolute atomic E-state index is 12.3. The van der Waals surface area contributed by atoms with Crippen LogP contribution < -0.4 is 5.32 Å². The molecule has 1 amide bonds. The van der Waals surface area contributed by atoms with Gasteiger partial charge in [-0.1, -0.05) is 0 Å². The van der Waals surface area contributed by atoms with Crippen LogP contribution in [0.3, 0.4) is 0 Å². The van der Waals surface area contributed by atoms with Gasteiger partial charge in [0.25, 0.3) is 0 Å². The second-order valence-electron chi connectivity index (χ2n) is 5.89. The number of likely N-dealkylation sites (tertiary alicyclic amines) is 1. The molecule has 7 heteroatoms. The van der Waals surface area contributed by atoms with Crippen molar-refractivity contribution in [1.82, 2.24) is 25.0 Å². The summed E-state index contributed by atoms with van der Waals surface area (Å²) in [5.41, 5.74) is 0. The van der Waals surface area contributed by atoms with Gasteiger partial charge in [0.2, 0.25) is 5.91 Å². The predicted octanol–water partition coefficient (Wildman–Crippen LogP) is -0.100. The van der Waals surface area contributed by atoms with Gasteiger partial charge in [-0.2, -0.15) is 0 Å². The van der Waals surface area contributed by atoms with E-state index in [-0.39, 0.29) is 11.9 Å². The quantitative estimate of drug-likeness (QED) is 0.842. The van der Waals surface area contributed by atoms with Crippen molar-refractivity contribution >= 4 is 5.91 Å². The molecular formula is C14H23N5O2. The molecule has 7 nitrogen and oxygen atoms in total. The zero-order valence-electron chi connectivity index (χ0n) is 12.5. The summed E-state index contributed by atoms with van der Waals surface area (Å²) in [4.78, 5) is 14.3. The Balaban J connectivity index is 1.48. The topological polar surface area (TPSA) is 72.3 Å². The summed E-state index contributed by atoms with van der Waals surface area (Å²) in [5.74, 6) is 1.68. The van der Waals surface area contributed by atoms with Gasteiger partial charge in [0.15, 0.2) is 0 Å². The molecule has 3 rings (SSSR count). The molecule has 2 aliphatic heterocycles. The van der Waals surface area contributed by atoms with Crippen molar-refractivity contribution < 1.29 is 9.53 Å². The highest BCUT2D eigenvalue weighted by atomic mass is 16.5. The van der Waals surface area contributed by atoms with E-state index in [4.69, 9.17) is 4.74 Å². The largest absolute Gasteiger partial charge is 0.378 e. The number of aromatic nitrogens is 3. The molecule has 21 heavy (non-hydrogen) atoms. The van der Waals surface area contributed by atoms with Crippen LogP contribution in [0.15, 0.2) is 6.33 Å². The number of ether oxygens (including phenoxy) is 1. The predicted molar refractivity (Wildman–Crippen MR) is 76.8 cm³/mol. The summed E-state index contributed by atoms with van der Waals surface area (Å²) in [6.45, 7) is 3.84. The minimum absolute atomic E-state index is 0.169. The lowest BCUT2D eigenvalue weighted by atomic mass is 9.95. The minimum Gasteiger partial charge on any atom is -0.378 e. The normalized spacial score (nSPS) is 24.2. The molecule has 0 bridgehead atoms. The number of carbonyl (C=O) groups excluding carboxylic acids is 1. The van der Waals surface area contributed by atoms with E-state index >= 15 is 0 Å². The Hall–Kier alpha value is -1.47. The highest BCUT2D eigenvalue weighted by Crippen LogP contribution is 2.26. The molecule has 2 fully saturated rings. The van der Waals surface area contributed by atoms with Crippen LogP contribution >= 0.6 is 0 Å². The summed E-state index contributed by atoms with van der Waals surface area (Å²) < 4.78 is 7.38. The van der Waals surface area contributed by atoms with Crippen LogP contribution in [0.1, 0.15) is 31.0 Å². The molecule has 0 aromatic carbocycles. The van der Waals surface area contributed by atoms with Crippen LogP contribution in [0.2, 0.25) is 0 Å². The zero-order valence-corrected chi connectivity index (χ0v) is 12.5. The fraction of sp³-hybridized carbons (Fsp3) is 0.786. The van der Waals surface area contributed by atoms with Crippen molar-refractivity contribution in [2.75, 3.05) is 32.8 Å². The number of aryl methyl sites for hydroxylation is 1. The Morgan fingerprint density at radius 1 is 1.48 bits per heavy atom. The van der Waals surface area contributed by atoms with Gasteiger partial charge >= 0.3 is 0 Å². The molecule has 2 saturated heterocycles. The van der Waals surface area contributed by atoms with E-state index in [0.29, 0.717) is 18.9 Å². The van der Waals surface area contributed by atoms with Crippen molar-refractivity contribution in [3.05, 3.63) is 12.2 Å². The summed E-state index contributed by atoms with van der Waals surface area (Å²) in [6.07, 6.45) is 4.20. The van der Waals surface area contributed by atoms with Gasteiger partial charge in [-0.05, 0) is 12.8 Å². The first-order valence-electron chi connectivity index (χ1n) is 7.67. The lowest BCUT2D eigenvalue weighted by molar-refractivity contribution is -0.133. The lowest BCUT2D eigenvalue weighted by Crippen LogP contribution is -2.46. The molecule has 1 atom stereocenters. The van der Waals surface area contributed by atoms with E-state index < -0.39 is 0 Å². The lowest BCUT2D eigenvalue weighted by Gasteiger charge is -2.33. The Labute approximate surface area is 124 Å².